The molecule has 1 aromatic carbocycles. The molecule has 7 heteroatoms. The third-order valence-electron chi connectivity index (χ3n) is 3.42. The van der Waals surface area contributed by atoms with E-state index in [1.165, 1.54) is 24.3 Å². The predicted molar refractivity (Wildman–Crippen MR) is 84.6 cm³/mol. The fourth-order valence-electron chi connectivity index (χ4n) is 2.24. The number of amides is 2. The molecule has 1 aromatic rings. The van der Waals surface area contributed by atoms with E-state index in [4.69, 9.17) is 0 Å². The molecule has 1 aliphatic heterocycles. The van der Waals surface area contributed by atoms with Crippen LogP contribution in [0.5, 0.6) is 0 Å². The topological polar surface area (TPSA) is 70.2 Å². The van der Waals surface area contributed by atoms with Gasteiger partial charge in [-0.2, -0.15) is 0 Å². The zero-order valence-electron chi connectivity index (χ0n) is 12.2. The van der Waals surface area contributed by atoms with Gasteiger partial charge in [0.25, 0.3) is 5.91 Å². The van der Waals surface area contributed by atoms with Gasteiger partial charge in [0.2, 0.25) is 5.91 Å². The van der Waals surface area contributed by atoms with Gasteiger partial charge in [0.15, 0.2) is 0 Å². The quantitative estimate of drug-likeness (QED) is 0.688. The SMILES string of the molecule is Cl.O=C(NCCCNC(=O)C1CCCN1)c1ccc(F)cc1. The monoisotopic (exact) mass is 329 g/mol. The van der Waals surface area contributed by atoms with Gasteiger partial charge >= 0.3 is 0 Å². The second-order valence-corrected chi connectivity index (χ2v) is 5.06. The van der Waals surface area contributed by atoms with E-state index in [9.17, 15) is 14.0 Å². The number of rotatable bonds is 6. The molecule has 2 rings (SSSR count). The van der Waals surface area contributed by atoms with Crippen LogP contribution in [0.15, 0.2) is 24.3 Å². The van der Waals surface area contributed by atoms with Crippen LogP contribution in [0.1, 0.15) is 29.6 Å². The fourth-order valence-corrected chi connectivity index (χ4v) is 2.24. The van der Waals surface area contributed by atoms with Crippen molar-refractivity contribution in [2.24, 2.45) is 0 Å². The van der Waals surface area contributed by atoms with Crippen LogP contribution in [0, 0.1) is 5.82 Å². The summed E-state index contributed by atoms with van der Waals surface area (Å²) in [6.45, 7) is 1.89. The van der Waals surface area contributed by atoms with Crippen molar-refractivity contribution in [1.29, 1.82) is 0 Å². The van der Waals surface area contributed by atoms with Gasteiger partial charge < -0.3 is 16.0 Å². The van der Waals surface area contributed by atoms with Crippen LogP contribution in [0.2, 0.25) is 0 Å². The number of hydrogen-bond donors (Lipinski definition) is 3. The molecule has 22 heavy (non-hydrogen) atoms. The summed E-state index contributed by atoms with van der Waals surface area (Å²) >= 11 is 0. The highest BCUT2D eigenvalue weighted by Crippen LogP contribution is 2.04. The summed E-state index contributed by atoms with van der Waals surface area (Å²) in [5.41, 5.74) is 0.426. The highest BCUT2D eigenvalue weighted by molar-refractivity contribution is 5.94. The Balaban J connectivity index is 0.00000242. The maximum atomic E-state index is 12.7. The molecule has 0 aliphatic carbocycles. The molecule has 0 bridgehead atoms. The van der Waals surface area contributed by atoms with E-state index in [1.807, 2.05) is 0 Å². The van der Waals surface area contributed by atoms with Crippen molar-refractivity contribution >= 4 is 24.2 Å². The van der Waals surface area contributed by atoms with E-state index in [1.54, 1.807) is 0 Å². The smallest absolute Gasteiger partial charge is 0.251 e. The van der Waals surface area contributed by atoms with Crippen LogP contribution < -0.4 is 16.0 Å². The first-order valence-electron chi connectivity index (χ1n) is 7.21. The third kappa shape index (κ3) is 5.61. The Morgan fingerprint density at radius 1 is 1.18 bits per heavy atom. The minimum Gasteiger partial charge on any atom is -0.355 e. The molecule has 1 saturated heterocycles. The molecular formula is C15H21ClFN3O2. The fraction of sp³-hybridized carbons (Fsp3) is 0.467. The number of benzene rings is 1. The molecule has 2 amide bonds. The van der Waals surface area contributed by atoms with Gasteiger partial charge in [0.1, 0.15) is 5.82 Å². The molecule has 1 heterocycles. The molecule has 122 valence electrons. The summed E-state index contributed by atoms with van der Waals surface area (Å²) < 4.78 is 12.7. The zero-order valence-corrected chi connectivity index (χ0v) is 13.0. The van der Waals surface area contributed by atoms with Crippen molar-refractivity contribution in [1.82, 2.24) is 16.0 Å². The summed E-state index contributed by atoms with van der Waals surface area (Å²) in [4.78, 5) is 23.4. The Kier molecular flexibility index (Phi) is 7.84. The van der Waals surface area contributed by atoms with Crippen LogP contribution in [-0.4, -0.2) is 37.5 Å². The number of nitrogens with one attached hydrogen (secondary N) is 3. The number of carbonyl (C=O) groups excluding carboxylic acids is 2. The third-order valence-corrected chi connectivity index (χ3v) is 3.42. The van der Waals surface area contributed by atoms with Crippen molar-refractivity contribution in [3.8, 4) is 0 Å². The average Bonchev–Trinajstić information content (AvgIpc) is 3.01. The summed E-state index contributed by atoms with van der Waals surface area (Å²) in [7, 11) is 0. The normalized spacial score (nSPS) is 16.7. The highest BCUT2D eigenvalue weighted by Gasteiger charge is 2.21. The summed E-state index contributed by atoms with van der Waals surface area (Å²) in [6.07, 6.45) is 2.57. The Morgan fingerprint density at radius 2 is 1.86 bits per heavy atom. The molecular weight excluding hydrogens is 309 g/mol. The standard InChI is InChI=1S/C15H20FN3O2.ClH/c16-12-6-4-11(5-7-12)14(20)18-9-2-10-19-15(21)13-3-1-8-17-13;/h4-7,13,17H,1-3,8-10H2,(H,18,20)(H,19,21);1H. The first-order chi connectivity index (χ1) is 10.2. The van der Waals surface area contributed by atoms with Crippen molar-refractivity contribution < 1.29 is 14.0 Å². The molecule has 0 aromatic heterocycles. The average molecular weight is 330 g/mol. The second kappa shape index (κ2) is 9.38. The van der Waals surface area contributed by atoms with Gasteiger partial charge in [-0.3, -0.25) is 9.59 Å². The molecule has 1 aliphatic rings. The highest BCUT2D eigenvalue weighted by atomic mass is 35.5. The van der Waals surface area contributed by atoms with Gasteiger partial charge in [-0.1, -0.05) is 0 Å². The Bertz CT molecular complexity index is 490. The molecule has 1 unspecified atom stereocenters. The lowest BCUT2D eigenvalue weighted by Gasteiger charge is -2.11. The Labute approximate surface area is 135 Å². The molecule has 1 atom stereocenters. The molecule has 3 N–H and O–H groups in total. The van der Waals surface area contributed by atoms with Gasteiger partial charge in [-0.05, 0) is 50.1 Å². The molecule has 1 fully saturated rings. The van der Waals surface area contributed by atoms with Gasteiger partial charge in [0.05, 0.1) is 6.04 Å². The van der Waals surface area contributed by atoms with Crippen molar-refractivity contribution in [3.05, 3.63) is 35.6 Å². The lowest BCUT2D eigenvalue weighted by Crippen LogP contribution is -2.41. The Hall–Kier alpha value is -1.66. The van der Waals surface area contributed by atoms with Gasteiger partial charge in [-0.15, -0.1) is 12.4 Å². The number of carbonyl (C=O) groups is 2. The van der Waals surface area contributed by atoms with Crippen molar-refractivity contribution in [2.75, 3.05) is 19.6 Å². The van der Waals surface area contributed by atoms with E-state index >= 15 is 0 Å². The van der Waals surface area contributed by atoms with E-state index in [0.717, 1.165) is 19.4 Å². The van der Waals surface area contributed by atoms with Gasteiger partial charge in [0, 0.05) is 18.7 Å². The zero-order chi connectivity index (χ0) is 15.1. The second-order valence-electron chi connectivity index (χ2n) is 5.06. The molecule has 0 spiro atoms. The molecule has 0 radical (unpaired) electrons. The lowest BCUT2D eigenvalue weighted by molar-refractivity contribution is -0.122. The van der Waals surface area contributed by atoms with Crippen molar-refractivity contribution in [3.63, 3.8) is 0 Å². The summed E-state index contributed by atoms with van der Waals surface area (Å²) in [6, 6.07) is 5.32. The van der Waals surface area contributed by atoms with Crippen LogP contribution in [0.25, 0.3) is 0 Å². The van der Waals surface area contributed by atoms with E-state index in [2.05, 4.69) is 16.0 Å². The maximum Gasteiger partial charge on any atom is 0.251 e. The van der Waals surface area contributed by atoms with Gasteiger partial charge in [-0.25, -0.2) is 4.39 Å². The minimum atomic E-state index is -0.366. The minimum absolute atomic E-state index is 0. The Morgan fingerprint density at radius 3 is 2.50 bits per heavy atom. The predicted octanol–water partition coefficient (Wildman–Crippen LogP) is 1.24. The number of halogens is 2. The molecule has 5 nitrogen and oxygen atoms in total. The first kappa shape index (κ1) is 18.4. The summed E-state index contributed by atoms with van der Waals surface area (Å²) in [5, 5.41) is 8.71. The van der Waals surface area contributed by atoms with E-state index in [-0.39, 0.29) is 36.1 Å². The van der Waals surface area contributed by atoms with Crippen LogP contribution >= 0.6 is 12.4 Å². The first-order valence-corrected chi connectivity index (χ1v) is 7.21. The van der Waals surface area contributed by atoms with Crippen LogP contribution in [-0.2, 0) is 4.79 Å². The van der Waals surface area contributed by atoms with Crippen molar-refractivity contribution in [2.45, 2.75) is 25.3 Å². The lowest BCUT2D eigenvalue weighted by atomic mass is 10.2. The molecule has 0 saturated carbocycles. The maximum absolute atomic E-state index is 12.7. The van der Waals surface area contributed by atoms with E-state index in [0.29, 0.717) is 25.1 Å². The summed E-state index contributed by atoms with van der Waals surface area (Å²) in [5.74, 6) is -0.578. The number of hydrogen-bond acceptors (Lipinski definition) is 3. The van der Waals surface area contributed by atoms with Crippen LogP contribution in [0.3, 0.4) is 0 Å². The van der Waals surface area contributed by atoms with E-state index < -0.39 is 0 Å². The van der Waals surface area contributed by atoms with Crippen LogP contribution in [0.4, 0.5) is 4.39 Å². The largest absolute Gasteiger partial charge is 0.355 e.